The lowest BCUT2D eigenvalue weighted by Gasteiger charge is -2.10. The molecule has 0 saturated carbocycles. The molecular formula is C15H18O4. The molecule has 1 rings (SSSR count). The predicted octanol–water partition coefficient (Wildman–Crippen LogP) is 1.91. The van der Waals surface area contributed by atoms with Crippen molar-refractivity contribution < 1.29 is 19.4 Å². The molecule has 0 spiro atoms. The first-order chi connectivity index (χ1) is 9.15. The minimum Gasteiger partial charge on any atom is -0.469 e. The summed E-state index contributed by atoms with van der Waals surface area (Å²) in [6.07, 6.45) is 1.22. The van der Waals surface area contributed by atoms with E-state index in [1.54, 1.807) is 6.07 Å². The molecule has 0 atom stereocenters. The van der Waals surface area contributed by atoms with Crippen LogP contribution in [0.1, 0.15) is 36.5 Å². The van der Waals surface area contributed by atoms with Gasteiger partial charge in [0.15, 0.2) is 0 Å². The third kappa shape index (κ3) is 4.05. The van der Waals surface area contributed by atoms with Crippen LogP contribution >= 0.6 is 0 Å². The van der Waals surface area contributed by atoms with Gasteiger partial charge in [-0.15, -0.1) is 0 Å². The summed E-state index contributed by atoms with van der Waals surface area (Å²) < 4.78 is 4.55. The van der Waals surface area contributed by atoms with E-state index in [2.05, 4.69) is 4.74 Å². The van der Waals surface area contributed by atoms with Gasteiger partial charge in [0.1, 0.15) is 5.94 Å². The van der Waals surface area contributed by atoms with E-state index < -0.39 is 0 Å². The minimum atomic E-state index is -0.370. The third-order valence-corrected chi connectivity index (χ3v) is 3.01. The van der Waals surface area contributed by atoms with Gasteiger partial charge < -0.3 is 9.84 Å². The summed E-state index contributed by atoms with van der Waals surface area (Å²) in [5.41, 5.74) is 2.80. The van der Waals surface area contributed by atoms with Gasteiger partial charge in [0.05, 0.1) is 20.1 Å². The van der Waals surface area contributed by atoms with E-state index in [1.165, 1.54) is 7.11 Å². The van der Waals surface area contributed by atoms with Crippen LogP contribution < -0.4 is 0 Å². The molecule has 0 bridgehead atoms. The number of hydrogen-bond donors (Lipinski definition) is 1. The second-order valence-corrected chi connectivity index (χ2v) is 4.16. The number of aliphatic hydroxyl groups is 1. The normalized spacial score (nSPS) is 9.84. The van der Waals surface area contributed by atoms with E-state index in [1.807, 2.05) is 25.0 Å². The van der Waals surface area contributed by atoms with E-state index >= 15 is 0 Å². The van der Waals surface area contributed by atoms with Crippen molar-refractivity contribution in [3.63, 3.8) is 0 Å². The highest BCUT2D eigenvalue weighted by Crippen LogP contribution is 2.23. The van der Waals surface area contributed by atoms with Crippen LogP contribution in [0.2, 0.25) is 0 Å². The fraction of sp³-hybridized carbons (Fsp3) is 0.400. The summed E-state index contributed by atoms with van der Waals surface area (Å²) in [5.74, 6) is 1.50. The average molecular weight is 262 g/mol. The predicted molar refractivity (Wildman–Crippen MR) is 72.1 cm³/mol. The molecule has 4 heteroatoms. The van der Waals surface area contributed by atoms with Crippen LogP contribution in [0, 0.1) is 0 Å². The number of esters is 1. The van der Waals surface area contributed by atoms with Crippen LogP contribution in [0.4, 0.5) is 0 Å². The van der Waals surface area contributed by atoms with Crippen LogP contribution in [0.25, 0.3) is 5.57 Å². The molecule has 102 valence electrons. The van der Waals surface area contributed by atoms with Crippen molar-refractivity contribution in [3.05, 3.63) is 34.9 Å². The number of benzene rings is 1. The molecule has 1 aromatic carbocycles. The van der Waals surface area contributed by atoms with Gasteiger partial charge in [-0.3, -0.25) is 4.79 Å². The van der Waals surface area contributed by atoms with Crippen LogP contribution in [0.5, 0.6) is 0 Å². The zero-order valence-corrected chi connectivity index (χ0v) is 11.2. The first kappa shape index (κ1) is 15.2. The second-order valence-electron chi connectivity index (χ2n) is 4.16. The Bertz CT molecular complexity index is 499. The lowest BCUT2D eigenvalue weighted by Crippen LogP contribution is -2.02. The highest BCUT2D eigenvalue weighted by Gasteiger charge is 2.12. The number of aliphatic hydroxyl groups excluding tert-OH is 1. The Morgan fingerprint density at radius 2 is 2.11 bits per heavy atom. The fourth-order valence-corrected chi connectivity index (χ4v) is 1.83. The molecule has 19 heavy (non-hydrogen) atoms. The molecule has 0 aliphatic carbocycles. The Morgan fingerprint density at radius 3 is 2.63 bits per heavy atom. The van der Waals surface area contributed by atoms with Crippen LogP contribution in [0.3, 0.4) is 0 Å². The number of carbonyl (C=O) groups excluding carboxylic acids is 2. The minimum absolute atomic E-state index is 0.127. The van der Waals surface area contributed by atoms with E-state index in [4.69, 9.17) is 0 Å². The molecular weight excluding hydrogens is 244 g/mol. The van der Waals surface area contributed by atoms with Crippen molar-refractivity contribution in [1.82, 2.24) is 0 Å². The summed E-state index contributed by atoms with van der Waals surface area (Å²) in [6, 6.07) is 5.57. The van der Waals surface area contributed by atoms with Crippen molar-refractivity contribution in [2.24, 2.45) is 0 Å². The van der Waals surface area contributed by atoms with Gasteiger partial charge >= 0.3 is 5.97 Å². The van der Waals surface area contributed by atoms with E-state index in [0.29, 0.717) is 16.7 Å². The second kappa shape index (κ2) is 7.52. The van der Waals surface area contributed by atoms with Gasteiger partial charge in [0, 0.05) is 5.57 Å². The molecule has 0 unspecified atom stereocenters. The maximum Gasteiger partial charge on any atom is 0.305 e. The number of aryl methyl sites for hydroxylation is 1. The Labute approximate surface area is 112 Å². The Morgan fingerprint density at radius 1 is 1.37 bits per heavy atom. The van der Waals surface area contributed by atoms with Gasteiger partial charge in [0.2, 0.25) is 0 Å². The van der Waals surface area contributed by atoms with Crippen molar-refractivity contribution in [1.29, 1.82) is 0 Å². The molecule has 0 aliphatic rings. The number of carbonyl (C=O) groups is 1. The monoisotopic (exact) mass is 262 g/mol. The van der Waals surface area contributed by atoms with Crippen molar-refractivity contribution in [3.8, 4) is 0 Å². The summed E-state index contributed by atoms with van der Waals surface area (Å²) >= 11 is 0. The summed E-state index contributed by atoms with van der Waals surface area (Å²) in [7, 11) is 1.31. The molecule has 0 saturated heterocycles. The first-order valence-corrected chi connectivity index (χ1v) is 6.20. The largest absolute Gasteiger partial charge is 0.469 e. The molecule has 4 nitrogen and oxygen atoms in total. The molecule has 1 N–H and O–H groups in total. The topological polar surface area (TPSA) is 63.6 Å². The smallest absolute Gasteiger partial charge is 0.305 e. The van der Waals surface area contributed by atoms with Gasteiger partial charge in [-0.1, -0.05) is 25.1 Å². The van der Waals surface area contributed by atoms with Crippen molar-refractivity contribution in [2.45, 2.75) is 32.8 Å². The standard InChI is InChI=1S/C15H18O4/c1-3-11-4-5-12(9-16)14(8-11)13(10-17)6-7-15(18)19-2/h4-5,8,16H,3,6-7,9H2,1-2H3. The van der Waals surface area contributed by atoms with E-state index in [0.717, 1.165) is 12.0 Å². The van der Waals surface area contributed by atoms with Gasteiger partial charge in [-0.2, -0.15) is 0 Å². The van der Waals surface area contributed by atoms with E-state index in [-0.39, 0.29) is 25.4 Å². The van der Waals surface area contributed by atoms with Crippen molar-refractivity contribution in [2.75, 3.05) is 7.11 Å². The highest BCUT2D eigenvalue weighted by molar-refractivity contribution is 5.90. The molecule has 0 amide bonds. The van der Waals surface area contributed by atoms with E-state index in [9.17, 15) is 14.7 Å². The summed E-state index contributed by atoms with van der Waals surface area (Å²) in [6.45, 7) is 1.86. The lowest BCUT2D eigenvalue weighted by molar-refractivity contribution is -0.140. The quantitative estimate of drug-likeness (QED) is 0.628. The number of ether oxygens (including phenoxy) is 1. The van der Waals surface area contributed by atoms with Gasteiger partial charge in [-0.25, -0.2) is 4.79 Å². The zero-order valence-electron chi connectivity index (χ0n) is 11.2. The molecule has 0 heterocycles. The van der Waals surface area contributed by atoms with Crippen LogP contribution in [-0.2, 0) is 27.4 Å². The molecule has 0 aliphatic heterocycles. The highest BCUT2D eigenvalue weighted by atomic mass is 16.5. The van der Waals surface area contributed by atoms with Gasteiger partial charge in [-0.05, 0) is 29.5 Å². The molecule has 1 aromatic rings. The SMILES string of the molecule is CCc1ccc(CO)c(C(=C=O)CCC(=O)OC)c1. The maximum absolute atomic E-state index is 11.1. The third-order valence-electron chi connectivity index (χ3n) is 3.01. The molecule has 0 radical (unpaired) electrons. The Hall–Kier alpha value is -1.90. The molecule has 0 fully saturated rings. The number of rotatable bonds is 6. The Balaban J connectivity index is 3.03. The zero-order chi connectivity index (χ0) is 14.3. The number of methoxy groups -OCH3 is 1. The first-order valence-electron chi connectivity index (χ1n) is 6.20. The van der Waals surface area contributed by atoms with Crippen molar-refractivity contribution >= 4 is 17.5 Å². The maximum atomic E-state index is 11.1. The fourth-order valence-electron chi connectivity index (χ4n) is 1.83. The summed E-state index contributed by atoms with van der Waals surface area (Å²) in [5, 5.41) is 9.32. The molecule has 0 aromatic heterocycles. The number of allylic oxidation sites excluding steroid dienone is 1. The number of hydrogen-bond acceptors (Lipinski definition) is 4. The average Bonchev–Trinajstić information content (AvgIpc) is 2.47. The van der Waals surface area contributed by atoms with Gasteiger partial charge in [0.25, 0.3) is 0 Å². The summed E-state index contributed by atoms with van der Waals surface area (Å²) in [4.78, 5) is 22.2. The van der Waals surface area contributed by atoms with Crippen LogP contribution in [-0.4, -0.2) is 24.1 Å². The lowest BCUT2D eigenvalue weighted by atomic mass is 9.95. The Kier molecular flexibility index (Phi) is 6.00. The van der Waals surface area contributed by atoms with Crippen LogP contribution in [0.15, 0.2) is 18.2 Å².